The van der Waals surface area contributed by atoms with Gasteiger partial charge < -0.3 is 0 Å². The molecule has 0 radical (unpaired) electrons. The van der Waals surface area contributed by atoms with Gasteiger partial charge in [-0.2, -0.15) is 0 Å². The molecule has 0 aromatic rings. The maximum atomic E-state index is 11.4. The summed E-state index contributed by atoms with van der Waals surface area (Å²) in [5.41, 5.74) is 6.11. The van der Waals surface area contributed by atoms with Gasteiger partial charge >= 0.3 is 0 Å². The molecule has 3 nitrogen and oxygen atoms in total. The summed E-state index contributed by atoms with van der Waals surface area (Å²) in [6, 6.07) is 0. The zero-order chi connectivity index (χ0) is 12.4. The first-order valence-electron chi connectivity index (χ1n) is 6.52. The molecule has 17 heavy (non-hydrogen) atoms. The van der Waals surface area contributed by atoms with Gasteiger partial charge in [0.2, 0.25) is 0 Å². The van der Waals surface area contributed by atoms with Crippen molar-refractivity contribution in [3.05, 3.63) is 22.8 Å². The Morgan fingerprint density at radius 1 is 1.41 bits per heavy atom. The number of carbonyl (C=O) groups is 1. The summed E-state index contributed by atoms with van der Waals surface area (Å²) < 4.78 is 0. The summed E-state index contributed by atoms with van der Waals surface area (Å²) in [5.74, 6) is 6.24. The maximum absolute atomic E-state index is 11.4. The highest BCUT2D eigenvalue weighted by atomic mass is 16.2. The molecule has 0 aromatic carbocycles. The third-order valence-corrected chi connectivity index (χ3v) is 4.21. The second-order valence-electron chi connectivity index (χ2n) is 5.33. The van der Waals surface area contributed by atoms with E-state index in [0.29, 0.717) is 5.92 Å². The maximum Gasteiger partial charge on any atom is 0.260 e. The molecule has 2 aliphatic rings. The predicted octanol–water partition coefficient (Wildman–Crippen LogP) is 2.45. The summed E-state index contributed by atoms with van der Waals surface area (Å²) in [6.07, 6.45) is 8.45. The Balaban J connectivity index is 2.20. The first-order valence-corrected chi connectivity index (χ1v) is 6.52. The molecule has 1 saturated carbocycles. The van der Waals surface area contributed by atoms with Crippen LogP contribution in [0.3, 0.4) is 0 Å². The van der Waals surface area contributed by atoms with Gasteiger partial charge in [0.15, 0.2) is 0 Å². The van der Waals surface area contributed by atoms with E-state index >= 15 is 0 Å². The second kappa shape index (κ2) is 5.05. The van der Waals surface area contributed by atoms with E-state index in [-0.39, 0.29) is 5.91 Å². The van der Waals surface area contributed by atoms with Crippen LogP contribution in [0.25, 0.3) is 0 Å². The van der Waals surface area contributed by atoms with Crippen LogP contribution in [-0.4, -0.2) is 5.91 Å². The molecule has 0 unspecified atom stereocenters. The van der Waals surface area contributed by atoms with Crippen molar-refractivity contribution >= 4 is 5.91 Å². The van der Waals surface area contributed by atoms with Crippen molar-refractivity contribution in [1.82, 2.24) is 5.43 Å². The summed E-state index contributed by atoms with van der Waals surface area (Å²) >= 11 is 0. The van der Waals surface area contributed by atoms with E-state index in [1.807, 2.05) is 6.92 Å². The van der Waals surface area contributed by atoms with Gasteiger partial charge in [0.25, 0.3) is 5.91 Å². The van der Waals surface area contributed by atoms with Crippen molar-refractivity contribution in [2.24, 2.45) is 17.7 Å². The normalized spacial score (nSPS) is 29.2. The topological polar surface area (TPSA) is 55.1 Å². The molecular formula is C14H22N2O. The molecule has 1 amide bonds. The van der Waals surface area contributed by atoms with Crippen LogP contribution >= 0.6 is 0 Å². The van der Waals surface area contributed by atoms with Crippen molar-refractivity contribution in [2.45, 2.75) is 46.0 Å². The van der Waals surface area contributed by atoms with Crippen molar-refractivity contribution in [3.63, 3.8) is 0 Å². The molecule has 0 spiro atoms. The Morgan fingerprint density at radius 3 is 2.88 bits per heavy atom. The first-order chi connectivity index (χ1) is 8.13. The number of allylic oxidation sites excluding steroid dienone is 3. The number of nitrogens with two attached hydrogens (primary N) is 1. The fourth-order valence-electron chi connectivity index (χ4n) is 3.36. The first kappa shape index (κ1) is 12.4. The summed E-state index contributed by atoms with van der Waals surface area (Å²) in [5, 5.41) is 0. The van der Waals surface area contributed by atoms with Crippen molar-refractivity contribution in [1.29, 1.82) is 0 Å². The van der Waals surface area contributed by atoms with Crippen LogP contribution < -0.4 is 11.3 Å². The number of hydrogen-bond donors (Lipinski definition) is 2. The fraction of sp³-hybridized carbons (Fsp3) is 0.643. The largest absolute Gasteiger partial charge is 0.290 e. The molecule has 1 fully saturated rings. The van der Waals surface area contributed by atoms with Crippen LogP contribution in [0.15, 0.2) is 22.8 Å². The molecule has 0 aliphatic heterocycles. The monoisotopic (exact) mass is 234 g/mol. The Kier molecular flexibility index (Phi) is 3.67. The molecule has 0 heterocycles. The zero-order valence-electron chi connectivity index (χ0n) is 10.8. The van der Waals surface area contributed by atoms with Crippen molar-refractivity contribution in [2.75, 3.05) is 0 Å². The third-order valence-electron chi connectivity index (χ3n) is 4.21. The minimum Gasteiger partial charge on any atom is -0.290 e. The highest BCUT2D eigenvalue weighted by Crippen LogP contribution is 2.45. The molecule has 0 bridgehead atoms. The van der Waals surface area contributed by atoms with E-state index in [9.17, 15) is 4.79 Å². The summed E-state index contributed by atoms with van der Waals surface area (Å²) in [6.45, 7) is 4.09. The molecule has 0 aromatic heterocycles. The van der Waals surface area contributed by atoms with Gasteiger partial charge in [-0.25, -0.2) is 5.84 Å². The minimum atomic E-state index is -0.164. The van der Waals surface area contributed by atoms with Crippen LogP contribution in [0.1, 0.15) is 46.0 Å². The number of rotatable bonds is 2. The lowest BCUT2D eigenvalue weighted by molar-refractivity contribution is -0.117. The SMILES string of the molecule is CC1=C2[C@@H](CCC[C@H]2/C=C(\C)C(=O)NN)CC1. The molecule has 2 aliphatic carbocycles. The Labute approximate surface area is 103 Å². The predicted molar refractivity (Wildman–Crippen MR) is 68.9 cm³/mol. The Bertz CT molecular complexity index is 382. The molecule has 0 saturated heterocycles. The third kappa shape index (κ3) is 2.44. The molecule has 2 atom stereocenters. The smallest absolute Gasteiger partial charge is 0.260 e. The lowest BCUT2D eigenvalue weighted by Gasteiger charge is -2.28. The number of amides is 1. The van der Waals surface area contributed by atoms with Gasteiger partial charge in [0.1, 0.15) is 0 Å². The average molecular weight is 234 g/mol. The number of carbonyl (C=O) groups excluding carboxylic acids is 1. The molecule has 3 heteroatoms. The number of hydrogen-bond acceptors (Lipinski definition) is 2. The molecule has 94 valence electrons. The van der Waals surface area contributed by atoms with Crippen LogP contribution in [0.4, 0.5) is 0 Å². The van der Waals surface area contributed by atoms with Gasteiger partial charge in [0, 0.05) is 5.57 Å². The Morgan fingerprint density at radius 2 is 2.18 bits per heavy atom. The Hall–Kier alpha value is -1.09. The van der Waals surface area contributed by atoms with Gasteiger partial charge in [-0.05, 0) is 51.4 Å². The van der Waals surface area contributed by atoms with Crippen LogP contribution in [0.5, 0.6) is 0 Å². The quantitative estimate of drug-likeness (QED) is 0.253. The zero-order valence-corrected chi connectivity index (χ0v) is 10.8. The lowest BCUT2D eigenvalue weighted by atomic mass is 9.77. The second-order valence-corrected chi connectivity index (χ2v) is 5.33. The van der Waals surface area contributed by atoms with Crippen molar-refractivity contribution < 1.29 is 4.79 Å². The van der Waals surface area contributed by atoms with Crippen molar-refractivity contribution in [3.8, 4) is 0 Å². The molecule has 3 N–H and O–H groups in total. The van der Waals surface area contributed by atoms with Gasteiger partial charge in [0.05, 0.1) is 0 Å². The number of nitrogens with one attached hydrogen (secondary N) is 1. The average Bonchev–Trinajstić information content (AvgIpc) is 2.71. The van der Waals surface area contributed by atoms with Crippen LogP contribution in [0, 0.1) is 11.8 Å². The van der Waals surface area contributed by atoms with E-state index in [1.165, 1.54) is 32.1 Å². The van der Waals surface area contributed by atoms with E-state index in [2.05, 4.69) is 18.4 Å². The minimum absolute atomic E-state index is 0.164. The number of hydrazine groups is 1. The van der Waals surface area contributed by atoms with Gasteiger partial charge in [-0.15, -0.1) is 0 Å². The van der Waals surface area contributed by atoms with E-state index in [0.717, 1.165) is 11.5 Å². The van der Waals surface area contributed by atoms with Crippen LogP contribution in [0.2, 0.25) is 0 Å². The van der Waals surface area contributed by atoms with E-state index in [1.54, 1.807) is 11.1 Å². The highest BCUT2D eigenvalue weighted by molar-refractivity contribution is 5.92. The standard InChI is InChI=1S/C14H22N2O/c1-9-6-7-11-4-3-5-12(13(9)11)8-10(2)14(17)16-15/h8,11-12H,3-7,15H2,1-2H3,(H,16,17)/b10-8+/t11-,12-/m0/s1. The number of fused-ring (bicyclic) bond motifs is 1. The highest BCUT2D eigenvalue weighted by Gasteiger charge is 2.31. The van der Waals surface area contributed by atoms with Gasteiger partial charge in [-0.3, -0.25) is 10.2 Å². The molecular weight excluding hydrogens is 212 g/mol. The van der Waals surface area contributed by atoms with E-state index in [4.69, 9.17) is 5.84 Å². The fourth-order valence-corrected chi connectivity index (χ4v) is 3.36. The summed E-state index contributed by atoms with van der Waals surface area (Å²) in [7, 11) is 0. The van der Waals surface area contributed by atoms with Crippen LogP contribution in [-0.2, 0) is 4.79 Å². The molecule has 2 rings (SSSR count). The van der Waals surface area contributed by atoms with Gasteiger partial charge in [-0.1, -0.05) is 23.6 Å². The summed E-state index contributed by atoms with van der Waals surface area (Å²) in [4.78, 5) is 11.4. The van der Waals surface area contributed by atoms with E-state index < -0.39 is 0 Å². The lowest BCUT2D eigenvalue weighted by Crippen LogP contribution is -2.31.